The van der Waals surface area contributed by atoms with E-state index in [-0.39, 0.29) is 5.97 Å². The van der Waals surface area contributed by atoms with Gasteiger partial charge in [-0.25, -0.2) is 0 Å². The van der Waals surface area contributed by atoms with Crippen molar-refractivity contribution >= 4 is 17.3 Å². The van der Waals surface area contributed by atoms with Crippen LogP contribution in [-0.4, -0.2) is 25.7 Å². The Labute approximate surface area is 135 Å². The Morgan fingerprint density at radius 2 is 1.95 bits per heavy atom. The third-order valence-electron chi connectivity index (χ3n) is 4.34. The quantitative estimate of drug-likeness (QED) is 0.876. The fraction of sp³-hybridized carbons (Fsp3) is 0.389. The van der Waals surface area contributed by atoms with Gasteiger partial charge in [0.1, 0.15) is 0 Å². The van der Waals surface area contributed by atoms with Gasteiger partial charge in [-0.05, 0) is 55.4 Å². The molecule has 1 N–H and O–H groups in total. The Balaban J connectivity index is 2.06. The molecule has 1 aromatic carbocycles. The SMILES string of the molecule is CCOC(=O)C1(c2ccsc2-c2ccccc2)CCNCC1. The molecule has 0 radical (unpaired) electrons. The summed E-state index contributed by atoms with van der Waals surface area (Å²) in [5.41, 5.74) is 1.80. The van der Waals surface area contributed by atoms with Gasteiger partial charge in [0.05, 0.1) is 12.0 Å². The predicted octanol–water partition coefficient (Wildman–Crippen LogP) is 3.60. The number of nitrogens with one attached hydrogen (secondary N) is 1. The highest BCUT2D eigenvalue weighted by Gasteiger charge is 2.44. The maximum atomic E-state index is 12.8. The molecular formula is C18H21NO2S. The zero-order chi connectivity index (χ0) is 15.4. The molecule has 2 aromatic rings. The summed E-state index contributed by atoms with van der Waals surface area (Å²) in [7, 11) is 0. The molecule has 4 heteroatoms. The first-order chi connectivity index (χ1) is 10.8. The molecule has 116 valence electrons. The van der Waals surface area contributed by atoms with Gasteiger partial charge in [0.2, 0.25) is 0 Å². The number of carbonyl (C=O) groups excluding carboxylic acids is 1. The number of hydrogen-bond acceptors (Lipinski definition) is 4. The summed E-state index contributed by atoms with van der Waals surface area (Å²) in [6, 6.07) is 12.4. The summed E-state index contributed by atoms with van der Waals surface area (Å²) in [4.78, 5) is 13.9. The van der Waals surface area contributed by atoms with Gasteiger partial charge in [0.15, 0.2) is 0 Å². The molecule has 22 heavy (non-hydrogen) atoms. The predicted molar refractivity (Wildman–Crippen MR) is 90.2 cm³/mol. The third-order valence-corrected chi connectivity index (χ3v) is 5.30. The van der Waals surface area contributed by atoms with E-state index in [0.717, 1.165) is 31.5 Å². The number of thiophene rings is 1. The second kappa shape index (κ2) is 6.63. The highest BCUT2D eigenvalue weighted by atomic mass is 32.1. The van der Waals surface area contributed by atoms with Crippen LogP contribution < -0.4 is 5.32 Å². The van der Waals surface area contributed by atoms with Crippen molar-refractivity contribution in [3.63, 3.8) is 0 Å². The molecule has 3 nitrogen and oxygen atoms in total. The standard InChI is InChI=1S/C18H21NO2S/c1-2-21-17(20)18(9-11-19-12-10-18)15-8-13-22-16(15)14-6-4-3-5-7-14/h3-8,13,19H,2,9-12H2,1H3. The topological polar surface area (TPSA) is 38.3 Å². The van der Waals surface area contributed by atoms with Gasteiger partial charge in [0.25, 0.3) is 0 Å². The number of hydrogen-bond donors (Lipinski definition) is 1. The van der Waals surface area contributed by atoms with Crippen LogP contribution in [0.25, 0.3) is 10.4 Å². The minimum absolute atomic E-state index is 0.0768. The van der Waals surface area contributed by atoms with E-state index in [1.165, 1.54) is 10.4 Å². The second-order valence-electron chi connectivity index (χ2n) is 5.58. The number of rotatable bonds is 4. The van der Waals surface area contributed by atoms with Crippen LogP contribution in [0.3, 0.4) is 0 Å². The summed E-state index contributed by atoms with van der Waals surface area (Å²) < 4.78 is 5.44. The maximum Gasteiger partial charge on any atom is 0.316 e. The molecule has 1 aromatic heterocycles. The highest BCUT2D eigenvalue weighted by molar-refractivity contribution is 7.13. The van der Waals surface area contributed by atoms with Gasteiger partial charge in [0, 0.05) is 4.88 Å². The Hall–Kier alpha value is -1.65. The lowest BCUT2D eigenvalue weighted by Crippen LogP contribution is -2.46. The molecule has 0 amide bonds. The van der Waals surface area contributed by atoms with Crippen molar-refractivity contribution in [3.8, 4) is 10.4 Å². The first-order valence-corrected chi connectivity index (χ1v) is 8.67. The first-order valence-electron chi connectivity index (χ1n) is 7.79. The van der Waals surface area contributed by atoms with Crippen molar-refractivity contribution in [1.29, 1.82) is 0 Å². The lowest BCUT2D eigenvalue weighted by atomic mass is 9.72. The smallest absolute Gasteiger partial charge is 0.316 e. The molecule has 2 heterocycles. The molecule has 0 saturated carbocycles. The minimum Gasteiger partial charge on any atom is -0.465 e. The van der Waals surface area contributed by atoms with E-state index in [1.54, 1.807) is 11.3 Å². The summed E-state index contributed by atoms with van der Waals surface area (Å²) in [5.74, 6) is -0.0768. The van der Waals surface area contributed by atoms with Crippen LogP contribution in [0.4, 0.5) is 0 Å². The van der Waals surface area contributed by atoms with E-state index in [9.17, 15) is 4.79 Å². The summed E-state index contributed by atoms with van der Waals surface area (Å²) in [6.07, 6.45) is 1.59. The lowest BCUT2D eigenvalue weighted by Gasteiger charge is -2.35. The van der Waals surface area contributed by atoms with Crippen molar-refractivity contribution in [2.75, 3.05) is 19.7 Å². The molecular weight excluding hydrogens is 294 g/mol. The molecule has 0 unspecified atom stereocenters. The summed E-state index contributed by atoms with van der Waals surface area (Å²) in [6.45, 7) is 4.00. The zero-order valence-electron chi connectivity index (χ0n) is 12.8. The van der Waals surface area contributed by atoms with Crippen molar-refractivity contribution < 1.29 is 9.53 Å². The van der Waals surface area contributed by atoms with E-state index in [2.05, 4.69) is 28.9 Å². The van der Waals surface area contributed by atoms with Crippen LogP contribution in [0.5, 0.6) is 0 Å². The van der Waals surface area contributed by atoms with E-state index in [0.29, 0.717) is 6.61 Å². The number of benzene rings is 1. The molecule has 0 aliphatic carbocycles. The summed E-state index contributed by atoms with van der Waals surface area (Å²) >= 11 is 1.70. The monoisotopic (exact) mass is 315 g/mol. The van der Waals surface area contributed by atoms with Gasteiger partial charge in [-0.15, -0.1) is 11.3 Å². The largest absolute Gasteiger partial charge is 0.465 e. The molecule has 0 spiro atoms. The van der Waals surface area contributed by atoms with Gasteiger partial charge in [-0.2, -0.15) is 0 Å². The summed E-state index contributed by atoms with van der Waals surface area (Å²) in [5, 5.41) is 5.44. The van der Waals surface area contributed by atoms with Gasteiger partial charge < -0.3 is 10.1 Å². The molecule has 1 saturated heterocycles. The van der Waals surface area contributed by atoms with Gasteiger partial charge in [-0.3, -0.25) is 4.79 Å². The zero-order valence-corrected chi connectivity index (χ0v) is 13.6. The normalized spacial score (nSPS) is 17.1. The molecule has 0 atom stereocenters. The van der Waals surface area contributed by atoms with Crippen molar-refractivity contribution in [2.45, 2.75) is 25.2 Å². The highest BCUT2D eigenvalue weighted by Crippen LogP contribution is 2.43. The Bertz CT molecular complexity index is 630. The molecule has 1 aliphatic heterocycles. The Kier molecular flexibility index (Phi) is 4.60. The average Bonchev–Trinajstić information content (AvgIpc) is 3.07. The van der Waals surface area contributed by atoms with Crippen molar-refractivity contribution in [3.05, 3.63) is 47.3 Å². The average molecular weight is 315 g/mol. The van der Waals surface area contributed by atoms with E-state index < -0.39 is 5.41 Å². The number of piperidine rings is 1. The maximum absolute atomic E-state index is 12.8. The fourth-order valence-corrected chi connectivity index (χ4v) is 4.21. The molecule has 0 bridgehead atoms. The van der Waals surface area contributed by atoms with Crippen LogP contribution >= 0.6 is 11.3 Å². The van der Waals surface area contributed by atoms with Crippen LogP contribution in [-0.2, 0) is 14.9 Å². The van der Waals surface area contributed by atoms with Crippen molar-refractivity contribution in [1.82, 2.24) is 5.32 Å². The molecule has 1 aliphatic rings. The van der Waals surface area contributed by atoms with E-state index >= 15 is 0 Å². The van der Waals surface area contributed by atoms with Crippen LogP contribution in [0, 0.1) is 0 Å². The van der Waals surface area contributed by atoms with Crippen LogP contribution in [0.15, 0.2) is 41.8 Å². The molecule has 3 rings (SSSR count). The Morgan fingerprint density at radius 3 is 2.64 bits per heavy atom. The van der Waals surface area contributed by atoms with Crippen LogP contribution in [0.1, 0.15) is 25.3 Å². The second-order valence-corrected chi connectivity index (χ2v) is 6.50. The number of esters is 1. The van der Waals surface area contributed by atoms with Crippen molar-refractivity contribution in [2.24, 2.45) is 0 Å². The van der Waals surface area contributed by atoms with Gasteiger partial charge in [-0.1, -0.05) is 30.3 Å². The molecule has 1 fully saturated rings. The van der Waals surface area contributed by atoms with Crippen LogP contribution in [0.2, 0.25) is 0 Å². The lowest BCUT2D eigenvalue weighted by molar-refractivity contribution is -0.151. The third kappa shape index (κ3) is 2.69. The Morgan fingerprint density at radius 1 is 1.23 bits per heavy atom. The number of carbonyl (C=O) groups is 1. The number of ether oxygens (including phenoxy) is 1. The van der Waals surface area contributed by atoms with E-state index in [1.807, 2.05) is 25.1 Å². The minimum atomic E-state index is -0.508. The van der Waals surface area contributed by atoms with E-state index in [4.69, 9.17) is 4.74 Å². The van der Waals surface area contributed by atoms with Gasteiger partial charge >= 0.3 is 5.97 Å². The fourth-order valence-electron chi connectivity index (χ4n) is 3.21. The first kappa shape index (κ1) is 15.3.